The molecule has 7 nitrogen and oxygen atoms in total. The number of pyridine rings is 1. The third kappa shape index (κ3) is 3.72. The quantitative estimate of drug-likeness (QED) is 0.739. The van der Waals surface area contributed by atoms with Crippen LogP contribution in [0.15, 0.2) is 55.2 Å². The second kappa shape index (κ2) is 7.35. The largest absolute Gasteiger partial charge is 0.367 e. The Balaban J connectivity index is 1.47. The summed E-state index contributed by atoms with van der Waals surface area (Å²) in [6.45, 7) is 0. The van der Waals surface area contributed by atoms with Crippen LogP contribution in [0.25, 0.3) is 5.69 Å². The molecule has 132 valence electrons. The zero-order valence-corrected chi connectivity index (χ0v) is 14.3. The Morgan fingerprint density at radius 3 is 2.69 bits per heavy atom. The van der Waals surface area contributed by atoms with E-state index in [0.717, 1.165) is 24.3 Å². The number of aromatic nitrogens is 4. The number of hydrogen-bond acceptors (Lipinski definition) is 5. The molecule has 3 aromatic rings. The maximum absolute atomic E-state index is 12.6. The molecule has 0 bridgehead atoms. The van der Waals surface area contributed by atoms with Gasteiger partial charge in [0.25, 0.3) is 5.91 Å². The highest BCUT2D eigenvalue weighted by molar-refractivity contribution is 6.04. The number of nitrogens with zero attached hydrogens (tertiary/aromatic N) is 4. The molecule has 1 amide bonds. The molecule has 2 heterocycles. The summed E-state index contributed by atoms with van der Waals surface area (Å²) in [6, 6.07) is 11.5. The first-order valence-electron chi connectivity index (χ1n) is 8.77. The van der Waals surface area contributed by atoms with Crippen LogP contribution in [0, 0.1) is 0 Å². The van der Waals surface area contributed by atoms with Crippen LogP contribution < -0.4 is 10.6 Å². The zero-order chi connectivity index (χ0) is 17.8. The molecule has 7 heteroatoms. The number of nitrogens with one attached hydrogen (secondary N) is 2. The van der Waals surface area contributed by atoms with Gasteiger partial charge in [-0.25, -0.2) is 4.98 Å². The lowest BCUT2D eigenvalue weighted by atomic mass is 10.2. The molecule has 0 aliphatic heterocycles. The lowest BCUT2D eigenvalue weighted by Gasteiger charge is -2.13. The van der Waals surface area contributed by atoms with E-state index in [9.17, 15) is 4.79 Å². The topological polar surface area (TPSA) is 84.7 Å². The maximum Gasteiger partial charge on any atom is 0.255 e. The van der Waals surface area contributed by atoms with E-state index in [4.69, 9.17) is 0 Å². The molecule has 0 saturated heterocycles. The predicted molar refractivity (Wildman–Crippen MR) is 99.4 cm³/mol. The summed E-state index contributed by atoms with van der Waals surface area (Å²) in [5.74, 6) is 0.588. The van der Waals surface area contributed by atoms with Crippen LogP contribution in [-0.4, -0.2) is 31.7 Å². The van der Waals surface area contributed by atoms with Gasteiger partial charge in [-0.1, -0.05) is 18.9 Å². The summed E-state index contributed by atoms with van der Waals surface area (Å²) in [7, 11) is 0. The van der Waals surface area contributed by atoms with Gasteiger partial charge in [0.05, 0.1) is 5.69 Å². The number of amides is 1. The van der Waals surface area contributed by atoms with Gasteiger partial charge in [-0.2, -0.15) is 0 Å². The first-order chi connectivity index (χ1) is 12.8. The number of hydrogen-bond donors (Lipinski definition) is 2. The molecule has 1 aliphatic carbocycles. The minimum Gasteiger partial charge on any atom is -0.367 e. The fraction of sp³-hybridized carbons (Fsp3) is 0.263. The molecule has 0 unspecified atom stereocenters. The summed E-state index contributed by atoms with van der Waals surface area (Å²) >= 11 is 0. The summed E-state index contributed by atoms with van der Waals surface area (Å²) in [4.78, 5) is 16.9. The van der Waals surface area contributed by atoms with Crippen LogP contribution in [-0.2, 0) is 0 Å². The van der Waals surface area contributed by atoms with E-state index in [1.54, 1.807) is 35.6 Å². The molecule has 1 aliphatic rings. The Morgan fingerprint density at radius 1 is 1.08 bits per heavy atom. The molecule has 26 heavy (non-hydrogen) atoms. The molecule has 1 fully saturated rings. The molecule has 0 atom stereocenters. The molecule has 2 aromatic heterocycles. The van der Waals surface area contributed by atoms with Crippen molar-refractivity contribution in [1.29, 1.82) is 0 Å². The molecule has 0 radical (unpaired) electrons. The lowest BCUT2D eigenvalue weighted by molar-refractivity contribution is 0.102. The Kier molecular flexibility index (Phi) is 4.59. The number of benzene rings is 1. The first-order valence-corrected chi connectivity index (χ1v) is 8.77. The number of carbonyl (C=O) groups excluding carboxylic acids is 1. The average molecular weight is 348 g/mol. The van der Waals surface area contributed by atoms with Crippen molar-refractivity contribution in [2.75, 3.05) is 10.6 Å². The van der Waals surface area contributed by atoms with Gasteiger partial charge in [0.15, 0.2) is 0 Å². The van der Waals surface area contributed by atoms with Gasteiger partial charge in [-0.3, -0.25) is 9.36 Å². The molecule has 1 aromatic carbocycles. The summed E-state index contributed by atoms with van der Waals surface area (Å²) in [5.41, 5.74) is 2.17. The summed E-state index contributed by atoms with van der Waals surface area (Å²) in [6.07, 6.45) is 9.72. The van der Waals surface area contributed by atoms with Gasteiger partial charge >= 0.3 is 0 Å². The van der Waals surface area contributed by atoms with Gasteiger partial charge in [0.2, 0.25) is 0 Å². The van der Waals surface area contributed by atoms with E-state index < -0.39 is 0 Å². The lowest BCUT2D eigenvalue weighted by Crippen LogP contribution is -2.17. The highest BCUT2D eigenvalue weighted by Crippen LogP contribution is 2.22. The molecule has 0 spiro atoms. The Labute approximate surface area is 151 Å². The number of rotatable bonds is 5. The van der Waals surface area contributed by atoms with Crippen LogP contribution in [0.2, 0.25) is 0 Å². The number of carbonyl (C=O) groups is 1. The molecular formula is C19H20N6O. The van der Waals surface area contributed by atoms with E-state index in [2.05, 4.69) is 25.8 Å². The summed E-state index contributed by atoms with van der Waals surface area (Å²) < 4.78 is 1.78. The van der Waals surface area contributed by atoms with Crippen molar-refractivity contribution in [3.8, 4) is 5.69 Å². The fourth-order valence-electron chi connectivity index (χ4n) is 3.21. The second-order valence-electron chi connectivity index (χ2n) is 6.43. The summed E-state index contributed by atoms with van der Waals surface area (Å²) in [5, 5.41) is 14.0. The van der Waals surface area contributed by atoms with Gasteiger partial charge in [0.1, 0.15) is 18.5 Å². The maximum atomic E-state index is 12.6. The van der Waals surface area contributed by atoms with E-state index >= 15 is 0 Å². The van der Waals surface area contributed by atoms with Crippen LogP contribution in [0.1, 0.15) is 36.0 Å². The van der Waals surface area contributed by atoms with E-state index in [-0.39, 0.29) is 5.91 Å². The van der Waals surface area contributed by atoms with Crippen LogP contribution in [0.3, 0.4) is 0 Å². The molecular weight excluding hydrogens is 328 g/mol. The van der Waals surface area contributed by atoms with Crippen LogP contribution >= 0.6 is 0 Å². The van der Waals surface area contributed by atoms with Crippen molar-refractivity contribution in [1.82, 2.24) is 19.7 Å². The van der Waals surface area contributed by atoms with E-state index in [1.807, 2.05) is 24.3 Å². The van der Waals surface area contributed by atoms with E-state index in [0.29, 0.717) is 17.3 Å². The monoisotopic (exact) mass is 348 g/mol. The second-order valence-corrected chi connectivity index (χ2v) is 6.43. The minimum atomic E-state index is -0.164. The predicted octanol–water partition coefficient (Wildman–Crippen LogP) is 3.27. The Hall–Kier alpha value is -3.22. The molecule has 2 N–H and O–H groups in total. The average Bonchev–Trinajstić information content (AvgIpc) is 3.36. The number of anilines is 2. The van der Waals surface area contributed by atoms with Crippen LogP contribution in [0.5, 0.6) is 0 Å². The smallest absolute Gasteiger partial charge is 0.255 e. The van der Waals surface area contributed by atoms with Crippen molar-refractivity contribution < 1.29 is 4.79 Å². The van der Waals surface area contributed by atoms with Gasteiger partial charge in [-0.15, -0.1) is 10.2 Å². The minimum absolute atomic E-state index is 0.164. The Morgan fingerprint density at radius 2 is 1.88 bits per heavy atom. The van der Waals surface area contributed by atoms with Gasteiger partial charge in [0, 0.05) is 23.5 Å². The van der Waals surface area contributed by atoms with Crippen molar-refractivity contribution >= 4 is 17.4 Å². The molecule has 4 rings (SSSR count). The van der Waals surface area contributed by atoms with Gasteiger partial charge < -0.3 is 10.6 Å². The third-order valence-corrected chi connectivity index (χ3v) is 4.55. The molecule has 1 saturated carbocycles. The Bertz CT molecular complexity index is 887. The van der Waals surface area contributed by atoms with Crippen molar-refractivity contribution in [2.45, 2.75) is 31.7 Å². The highest BCUT2D eigenvalue weighted by Gasteiger charge is 2.16. The van der Waals surface area contributed by atoms with Crippen molar-refractivity contribution in [2.24, 2.45) is 0 Å². The normalized spacial score (nSPS) is 14.3. The third-order valence-electron chi connectivity index (χ3n) is 4.55. The standard InChI is InChI=1S/C19H20N6O/c26-19(14-8-9-20-18(10-14)23-15-4-1-2-5-15)24-16-6-3-7-17(11-16)25-12-21-22-13-25/h3,6-13,15H,1-2,4-5H2,(H,20,23)(H,24,26). The van der Waals surface area contributed by atoms with Crippen LogP contribution in [0.4, 0.5) is 11.5 Å². The van der Waals surface area contributed by atoms with Gasteiger partial charge in [-0.05, 0) is 43.2 Å². The fourth-order valence-corrected chi connectivity index (χ4v) is 3.21. The SMILES string of the molecule is O=C(Nc1cccc(-n2cnnc2)c1)c1ccnc(NC2CCCC2)c1. The van der Waals surface area contributed by atoms with E-state index in [1.165, 1.54) is 12.8 Å². The van der Waals surface area contributed by atoms with Crippen molar-refractivity contribution in [3.63, 3.8) is 0 Å². The van der Waals surface area contributed by atoms with Crippen molar-refractivity contribution in [3.05, 3.63) is 60.8 Å². The first kappa shape index (κ1) is 16.3. The zero-order valence-electron chi connectivity index (χ0n) is 14.3. The highest BCUT2D eigenvalue weighted by atomic mass is 16.1.